The van der Waals surface area contributed by atoms with Crippen LogP contribution in [0.2, 0.25) is 0 Å². The standard InChI is InChI=1S/C35H41NO3S/c1-24-11-13-27-14-17-29(36-33(24)27)16-12-25-7-6-9-28(21-25)31(40-23-35(19-20-35)22-32(37)38)18-15-26-8-4-5-10-30(26)34(2,3)39/h4-10,12,14,16-17,21,24,31,39H,11,13,15,18-20,22-23H2,1-3H3,(H,37,38)/b16-12+/t24?,31-/m1/s1. The highest BCUT2D eigenvalue weighted by atomic mass is 32.2. The number of aromatic nitrogens is 1. The van der Waals surface area contributed by atoms with Crippen molar-refractivity contribution in [2.24, 2.45) is 5.41 Å². The lowest BCUT2D eigenvalue weighted by molar-refractivity contribution is -0.138. The van der Waals surface area contributed by atoms with Crippen LogP contribution in [-0.4, -0.2) is 26.9 Å². The molecule has 1 unspecified atom stereocenters. The number of pyridine rings is 1. The first-order chi connectivity index (χ1) is 19.1. The lowest BCUT2D eigenvalue weighted by Gasteiger charge is -2.24. The van der Waals surface area contributed by atoms with Gasteiger partial charge in [-0.25, -0.2) is 0 Å². The Morgan fingerprint density at radius 3 is 2.67 bits per heavy atom. The number of aryl methyl sites for hydroxylation is 2. The van der Waals surface area contributed by atoms with Crippen molar-refractivity contribution < 1.29 is 15.0 Å². The van der Waals surface area contributed by atoms with Crippen LogP contribution in [0.1, 0.15) is 103 Å². The summed E-state index contributed by atoms with van der Waals surface area (Å²) in [6, 6.07) is 21.2. The molecule has 1 heterocycles. The minimum atomic E-state index is -0.896. The van der Waals surface area contributed by atoms with Crippen LogP contribution in [0.3, 0.4) is 0 Å². The predicted molar refractivity (Wildman–Crippen MR) is 165 cm³/mol. The van der Waals surface area contributed by atoms with E-state index in [4.69, 9.17) is 4.98 Å². The van der Waals surface area contributed by atoms with Crippen molar-refractivity contribution in [3.63, 3.8) is 0 Å². The number of thioether (sulfide) groups is 1. The average molecular weight is 556 g/mol. The minimum absolute atomic E-state index is 0.0619. The van der Waals surface area contributed by atoms with E-state index in [1.54, 1.807) is 0 Å². The zero-order valence-electron chi connectivity index (χ0n) is 23.9. The van der Waals surface area contributed by atoms with Crippen LogP contribution in [-0.2, 0) is 23.2 Å². The van der Waals surface area contributed by atoms with E-state index in [-0.39, 0.29) is 17.1 Å². The molecule has 0 bridgehead atoms. The maximum atomic E-state index is 11.5. The van der Waals surface area contributed by atoms with Crippen LogP contribution >= 0.6 is 11.8 Å². The summed E-state index contributed by atoms with van der Waals surface area (Å²) >= 11 is 1.89. The van der Waals surface area contributed by atoms with E-state index in [2.05, 4.69) is 61.5 Å². The molecule has 4 nitrogen and oxygen atoms in total. The number of nitrogens with zero attached hydrogens (tertiary/aromatic N) is 1. The van der Waals surface area contributed by atoms with Crippen molar-refractivity contribution in [3.8, 4) is 0 Å². The van der Waals surface area contributed by atoms with Crippen LogP contribution in [0.25, 0.3) is 12.2 Å². The first-order valence-corrected chi connectivity index (χ1v) is 15.6. The summed E-state index contributed by atoms with van der Waals surface area (Å²) in [6.45, 7) is 5.94. The van der Waals surface area contributed by atoms with Gasteiger partial charge in [0.15, 0.2) is 0 Å². The van der Waals surface area contributed by atoms with Gasteiger partial charge in [-0.1, -0.05) is 67.6 Å². The normalized spacial score (nSPS) is 18.6. The second-order valence-electron chi connectivity index (χ2n) is 12.3. The van der Waals surface area contributed by atoms with Crippen LogP contribution < -0.4 is 0 Å². The number of aliphatic hydroxyl groups is 1. The first-order valence-electron chi connectivity index (χ1n) is 14.5. The molecule has 1 aromatic heterocycles. The first kappa shape index (κ1) is 28.6. The smallest absolute Gasteiger partial charge is 0.303 e. The molecular weight excluding hydrogens is 514 g/mol. The van der Waals surface area contributed by atoms with Crippen molar-refractivity contribution in [1.29, 1.82) is 0 Å². The van der Waals surface area contributed by atoms with Crippen LogP contribution in [0.15, 0.2) is 60.7 Å². The van der Waals surface area contributed by atoms with E-state index >= 15 is 0 Å². The Morgan fingerprint density at radius 1 is 1.12 bits per heavy atom. The van der Waals surface area contributed by atoms with Crippen LogP contribution in [0, 0.1) is 5.41 Å². The Kier molecular flexibility index (Phi) is 8.53. The van der Waals surface area contributed by atoms with E-state index in [1.807, 2.05) is 43.8 Å². The molecule has 2 N–H and O–H groups in total. The molecule has 0 spiro atoms. The SMILES string of the molecule is CC1CCc2ccc(/C=C/c3cccc([C@@H](CCc4ccccc4C(C)(C)O)SCC4(CC(=O)O)CC4)c3)nc21. The highest BCUT2D eigenvalue weighted by Crippen LogP contribution is 2.53. The van der Waals surface area contributed by atoms with Gasteiger partial charge in [-0.15, -0.1) is 0 Å². The number of carboxylic acid groups (broad SMARTS) is 1. The van der Waals surface area contributed by atoms with E-state index in [0.717, 1.165) is 54.7 Å². The summed E-state index contributed by atoms with van der Waals surface area (Å²) in [6.07, 6.45) is 10.6. The molecule has 2 atom stereocenters. The van der Waals surface area contributed by atoms with Gasteiger partial charge < -0.3 is 10.2 Å². The number of benzene rings is 2. The van der Waals surface area contributed by atoms with Crippen molar-refractivity contribution in [1.82, 2.24) is 4.98 Å². The molecule has 2 aliphatic carbocycles. The highest BCUT2D eigenvalue weighted by molar-refractivity contribution is 7.99. The van der Waals surface area contributed by atoms with Gasteiger partial charge in [0.2, 0.25) is 0 Å². The lowest BCUT2D eigenvalue weighted by Crippen LogP contribution is -2.18. The highest BCUT2D eigenvalue weighted by Gasteiger charge is 2.44. The van der Waals surface area contributed by atoms with Crippen molar-refractivity contribution >= 4 is 29.9 Å². The number of rotatable bonds is 12. The predicted octanol–water partition coefficient (Wildman–Crippen LogP) is 8.19. The summed E-state index contributed by atoms with van der Waals surface area (Å²) in [4.78, 5) is 16.4. The van der Waals surface area contributed by atoms with Crippen LogP contribution in [0.4, 0.5) is 0 Å². The molecule has 0 radical (unpaired) electrons. The fourth-order valence-corrected chi connectivity index (χ4v) is 7.49. The van der Waals surface area contributed by atoms with E-state index < -0.39 is 11.6 Å². The largest absolute Gasteiger partial charge is 0.481 e. The summed E-state index contributed by atoms with van der Waals surface area (Å²) < 4.78 is 0. The topological polar surface area (TPSA) is 70.4 Å². The summed E-state index contributed by atoms with van der Waals surface area (Å²) in [5.74, 6) is 0.686. The monoisotopic (exact) mass is 555 g/mol. The molecule has 5 heteroatoms. The molecule has 1 fully saturated rings. The summed E-state index contributed by atoms with van der Waals surface area (Å²) in [5.41, 5.74) is 7.20. The quantitative estimate of drug-likeness (QED) is 0.236. The summed E-state index contributed by atoms with van der Waals surface area (Å²) in [7, 11) is 0. The molecule has 2 aliphatic rings. The number of carboxylic acids is 1. The molecule has 40 heavy (non-hydrogen) atoms. The van der Waals surface area contributed by atoms with Gasteiger partial charge in [0.25, 0.3) is 0 Å². The lowest BCUT2D eigenvalue weighted by atomic mass is 9.90. The molecule has 2 aromatic carbocycles. The third-order valence-corrected chi connectivity index (χ3v) is 10.2. The maximum absolute atomic E-state index is 11.5. The molecule has 210 valence electrons. The summed E-state index contributed by atoms with van der Waals surface area (Å²) in [5, 5.41) is 20.4. The molecule has 0 saturated heterocycles. The Hall–Kier alpha value is -2.89. The Bertz CT molecular complexity index is 1390. The van der Waals surface area contributed by atoms with Gasteiger partial charge in [-0.05, 0) is 104 Å². The van der Waals surface area contributed by atoms with Gasteiger partial charge in [0, 0.05) is 16.7 Å². The number of hydrogen-bond acceptors (Lipinski definition) is 4. The zero-order chi connectivity index (χ0) is 28.3. The average Bonchev–Trinajstić information content (AvgIpc) is 3.58. The maximum Gasteiger partial charge on any atom is 0.303 e. The van der Waals surface area contributed by atoms with Gasteiger partial charge in [0.05, 0.1) is 17.7 Å². The van der Waals surface area contributed by atoms with Crippen molar-refractivity contribution in [3.05, 3.63) is 99.9 Å². The number of aliphatic carboxylic acids is 1. The second kappa shape index (κ2) is 11.9. The zero-order valence-corrected chi connectivity index (χ0v) is 24.7. The molecule has 1 saturated carbocycles. The molecule has 5 rings (SSSR count). The number of carbonyl (C=O) groups is 1. The minimum Gasteiger partial charge on any atom is -0.481 e. The fraction of sp³-hybridized carbons (Fsp3) is 0.429. The van der Waals surface area contributed by atoms with Gasteiger partial charge >= 0.3 is 5.97 Å². The molecular formula is C35H41NO3S. The Morgan fingerprint density at radius 2 is 1.93 bits per heavy atom. The molecule has 0 aliphatic heterocycles. The van der Waals surface area contributed by atoms with Gasteiger partial charge in [-0.3, -0.25) is 9.78 Å². The van der Waals surface area contributed by atoms with Crippen molar-refractivity contribution in [2.45, 2.75) is 82.5 Å². The van der Waals surface area contributed by atoms with Crippen LogP contribution in [0.5, 0.6) is 0 Å². The third kappa shape index (κ3) is 7.05. The third-order valence-electron chi connectivity index (χ3n) is 8.50. The Labute approximate surface area is 243 Å². The van der Waals surface area contributed by atoms with Gasteiger partial charge in [0.1, 0.15) is 0 Å². The molecule has 0 amide bonds. The second-order valence-corrected chi connectivity index (χ2v) is 13.5. The Balaban J connectivity index is 1.36. The van der Waals surface area contributed by atoms with Crippen molar-refractivity contribution in [2.75, 3.05) is 5.75 Å². The van der Waals surface area contributed by atoms with Gasteiger partial charge in [-0.2, -0.15) is 11.8 Å². The number of hydrogen-bond donors (Lipinski definition) is 2. The van der Waals surface area contributed by atoms with E-state index in [1.165, 1.54) is 28.8 Å². The molecule has 3 aromatic rings. The number of fused-ring (bicyclic) bond motifs is 1. The fourth-order valence-electron chi connectivity index (χ4n) is 5.92. The van der Waals surface area contributed by atoms with E-state index in [9.17, 15) is 15.0 Å². The van der Waals surface area contributed by atoms with E-state index in [0.29, 0.717) is 5.92 Å².